The van der Waals surface area contributed by atoms with Crippen molar-refractivity contribution in [1.29, 1.82) is 0 Å². The summed E-state index contributed by atoms with van der Waals surface area (Å²) in [5.41, 5.74) is -0.170. The Hall–Kier alpha value is -1.91. The first-order chi connectivity index (χ1) is 12.8. The molecule has 4 saturated carbocycles. The number of halogens is 1. The van der Waals surface area contributed by atoms with Crippen molar-refractivity contribution in [1.82, 2.24) is 10.0 Å². The summed E-state index contributed by atoms with van der Waals surface area (Å²) in [6.45, 7) is 5.23. The van der Waals surface area contributed by atoms with Crippen LogP contribution in [0.2, 0.25) is 0 Å². The summed E-state index contributed by atoms with van der Waals surface area (Å²) in [6, 6.07) is 4.73. The number of hydrogen-bond donors (Lipinski definition) is 0. The van der Waals surface area contributed by atoms with E-state index >= 15 is 0 Å². The van der Waals surface area contributed by atoms with Gasteiger partial charge in [0.2, 0.25) is 0 Å². The van der Waals surface area contributed by atoms with Crippen molar-refractivity contribution < 1.29 is 14.0 Å². The van der Waals surface area contributed by atoms with E-state index in [-0.39, 0.29) is 23.7 Å². The molecule has 0 unspecified atom stereocenters. The van der Waals surface area contributed by atoms with Crippen LogP contribution in [0.4, 0.5) is 4.39 Å². The molecule has 4 bridgehead atoms. The standard InChI is InChI=1S/C22H27FN2O2/c1-12-17(5-4-6-18(12)23)20(26)25-22(2,3)21(27)24(25)19-15-8-13-7-14(10-15)11-16(19)9-13/h4-6,13-16,19H,7-11H2,1-3H3. The molecule has 0 spiro atoms. The van der Waals surface area contributed by atoms with Gasteiger partial charge in [0.15, 0.2) is 0 Å². The average Bonchev–Trinajstić information content (AvgIpc) is 2.61. The largest absolute Gasteiger partial charge is 0.273 e. The monoisotopic (exact) mass is 370 g/mol. The van der Waals surface area contributed by atoms with Crippen LogP contribution in [0.15, 0.2) is 18.2 Å². The van der Waals surface area contributed by atoms with E-state index < -0.39 is 5.54 Å². The average molecular weight is 370 g/mol. The van der Waals surface area contributed by atoms with Gasteiger partial charge in [-0.2, -0.15) is 0 Å². The molecule has 5 heteroatoms. The minimum absolute atomic E-state index is 0.0300. The molecule has 5 fully saturated rings. The smallest absolute Gasteiger partial charge is 0.270 e. The third kappa shape index (κ3) is 2.26. The van der Waals surface area contributed by atoms with E-state index in [0.29, 0.717) is 23.0 Å². The normalized spacial score (nSPS) is 36.1. The number of carbonyl (C=O) groups is 2. The third-order valence-electron chi connectivity index (χ3n) is 7.63. The molecule has 0 N–H and O–H groups in total. The van der Waals surface area contributed by atoms with E-state index in [1.165, 1.54) is 38.2 Å². The molecule has 4 nitrogen and oxygen atoms in total. The molecule has 1 saturated heterocycles. The Kier molecular flexibility index (Phi) is 3.54. The zero-order valence-electron chi connectivity index (χ0n) is 16.2. The molecule has 27 heavy (non-hydrogen) atoms. The highest BCUT2D eigenvalue weighted by atomic mass is 19.1. The van der Waals surface area contributed by atoms with Crippen molar-refractivity contribution in [3.05, 3.63) is 35.1 Å². The van der Waals surface area contributed by atoms with E-state index in [4.69, 9.17) is 0 Å². The van der Waals surface area contributed by atoms with Crippen LogP contribution < -0.4 is 0 Å². The number of nitrogens with zero attached hydrogens (tertiary/aromatic N) is 2. The van der Waals surface area contributed by atoms with Crippen molar-refractivity contribution in [3.63, 3.8) is 0 Å². The van der Waals surface area contributed by atoms with E-state index in [0.717, 1.165) is 11.8 Å². The van der Waals surface area contributed by atoms with Crippen molar-refractivity contribution in [2.45, 2.75) is 64.5 Å². The Morgan fingerprint density at radius 1 is 1.07 bits per heavy atom. The van der Waals surface area contributed by atoms with Gasteiger partial charge < -0.3 is 0 Å². The Morgan fingerprint density at radius 3 is 2.26 bits per heavy atom. The van der Waals surface area contributed by atoms with E-state index in [1.54, 1.807) is 42.9 Å². The van der Waals surface area contributed by atoms with Gasteiger partial charge >= 0.3 is 0 Å². The fourth-order valence-electron chi connectivity index (χ4n) is 6.56. The second-order valence-corrected chi connectivity index (χ2v) is 9.66. The number of hydrogen-bond acceptors (Lipinski definition) is 2. The third-order valence-corrected chi connectivity index (χ3v) is 7.63. The zero-order valence-corrected chi connectivity index (χ0v) is 16.2. The maximum atomic E-state index is 14.0. The minimum Gasteiger partial charge on any atom is -0.270 e. The molecule has 6 rings (SSSR count). The molecular formula is C22H27FN2O2. The van der Waals surface area contributed by atoms with Gasteiger partial charge in [-0.1, -0.05) is 6.07 Å². The first-order valence-corrected chi connectivity index (χ1v) is 10.2. The Bertz CT molecular complexity index is 806. The number of amides is 2. The fourth-order valence-corrected chi connectivity index (χ4v) is 6.56. The summed E-state index contributed by atoms with van der Waals surface area (Å²) < 4.78 is 14.0. The van der Waals surface area contributed by atoms with Crippen molar-refractivity contribution in [2.75, 3.05) is 0 Å². The maximum absolute atomic E-state index is 14.0. The predicted molar refractivity (Wildman–Crippen MR) is 99.1 cm³/mol. The lowest BCUT2D eigenvalue weighted by Gasteiger charge is -2.65. The summed E-state index contributed by atoms with van der Waals surface area (Å²) in [5, 5.41) is 3.39. The lowest BCUT2D eigenvalue weighted by Crippen LogP contribution is -2.80. The number of benzene rings is 1. The molecule has 2 amide bonds. The van der Waals surface area contributed by atoms with Crippen molar-refractivity contribution >= 4 is 11.8 Å². The van der Waals surface area contributed by atoms with Gasteiger partial charge in [-0.15, -0.1) is 0 Å². The summed E-state index contributed by atoms with van der Waals surface area (Å²) in [5.74, 6) is 2.01. The number of rotatable bonds is 2. The first-order valence-electron chi connectivity index (χ1n) is 10.2. The Balaban J connectivity index is 1.50. The van der Waals surface area contributed by atoms with Crippen LogP contribution in [-0.4, -0.2) is 33.4 Å². The van der Waals surface area contributed by atoms with Crippen LogP contribution in [0.5, 0.6) is 0 Å². The van der Waals surface area contributed by atoms with Crippen LogP contribution in [0, 0.1) is 36.4 Å². The molecule has 4 aliphatic carbocycles. The topological polar surface area (TPSA) is 40.6 Å². The van der Waals surface area contributed by atoms with Crippen LogP contribution in [0.3, 0.4) is 0 Å². The van der Waals surface area contributed by atoms with Gasteiger partial charge in [0.1, 0.15) is 11.4 Å². The summed E-state index contributed by atoms with van der Waals surface area (Å²) in [6.07, 6.45) is 6.09. The van der Waals surface area contributed by atoms with Gasteiger partial charge in [0, 0.05) is 5.56 Å². The second kappa shape index (κ2) is 5.55. The van der Waals surface area contributed by atoms with Gasteiger partial charge in [0.25, 0.3) is 11.8 Å². The number of hydrazine groups is 1. The molecular weight excluding hydrogens is 343 g/mol. The van der Waals surface area contributed by atoms with E-state index in [9.17, 15) is 14.0 Å². The molecule has 5 aliphatic rings. The first kappa shape index (κ1) is 17.2. The predicted octanol–water partition coefficient (Wildman–Crippen LogP) is 3.94. The van der Waals surface area contributed by atoms with Gasteiger partial charge in [0.05, 0.1) is 6.04 Å². The Labute approximate surface area is 159 Å². The summed E-state index contributed by atoms with van der Waals surface area (Å²) in [4.78, 5) is 26.4. The number of carbonyl (C=O) groups excluding carboxylic acids is 2. The zero-order chi connectivity index (χ0) is 19.1. The quantitative estimate of drug-likeness (QED) is 0.791. The highest BCUT2D eigenvalue weighted by Gasteiger charge is 2.62. The lowest BCUT2D eigenvalue weighted by molar-refractivity contribution is -0.230. The van der Waals surface area contributed by atoms with Crippen molar-refractivity contribution in [3.8, 4) is 0 Å². The molecule has 0 atom stereocenters. The molecule has 0 aromatic heterocycles. The molecule has 1 aromatic rings. The molecule has 1 aromatic carbocycles. The molecule has 1 heterocycles. The van der Waals surface area contributed by atoms with Gasteiger partial charge in [-0.25, -0.2) is 14.4 Å². The second-order valence-electron chi connectivity index (χ2n) is 9.66. The van der Waals surface area contributed by atoms with Gasteiger partial charge in [-0.05, 0) is 94.2 Å². The maximum Gasteiger partial charge on any atom is 0.273 e. The van der Waals surface area contributed by atoms with Crippen LogP contribution in [0.25, 0.3) is 0 Å². The van der Waals surface area contributed by atoms with Crippen molar-refractivity contribution in [2.24, 2.45) is 23.7 Å². The lowest BCUT2D eigenvalue weighted by atomic mass is 9.53. The SMILES string of the molecule is Cc1c(F)cccc1C(=O)N1N(C2C3CC4CC(C3)CC2C4)C(=O)C1(C)C. The minimum atomic E-state index is -0.871. The van der Waals surface area contributed by atoms with Crippen LogP contribution in [-0.2, 0) is 4.79 Å². The Morgan fingerprint density at radius 2 is 1.67 bits per heavy atom. The molecule has 1 aliphatic heterocycles. The van der Waals surface area contributed by atoms with E-state index in [2.05, 4.69) is 0 Å². The molecule has 144 valence electrons. The fraction of sp³-hybridized carbons (Fsp3) is 0.636. The highest BCUT2D eigenvalue weighted by Crippen LogP contribution is 2.57. The van der Waals surface area contributed by atoms with Gasteiger partial charge in [-0.3, -0.25) is 9.59 Å². The van der Waals surface area contributed by atoms with Crippen LogP contribution >= 0.6 is 0 Å². The van der Waals surface area contributed by atoms with E-state index in [1.807, 2.05) is 0 Å². The summed E-state index contributed by atoms with van der Waals surface area (Å²) in [7, 11) is 0. The highest BCUT2D eigenvalue weighted by molar-refractivity contribution is 6.05. The van der Waals surface area contributed by atoms with Crippen LogP contribution in [0.1, 0.15) is 61.9 Å². The summed E-state index contributed by atoms with van der Waals surface area (Å²) >= 11 is 0. The molecule has 0 radical (unpaired) electrons.